The number of nitrogens with two attached hydrogens (primary N) is 1. The number of nitrogens with one attached hydrogen (secondary N) is 8. The maximum absolute atomic E-state index is 14.7. The second-order valence-corrected chi connectivity index (χ2v) is 17.0. The quantitative estimate of drug-likeness (QED) is 0.0425. The summed E-state index contributed by atoms with van der Waals surface area (Å²) in [5.41, 5.74) is 9.84. The first kappa shape index (κ1) is 49.6. The van der Waals surface area contributed by atoms with Crippen LogP contribution in [0.4, 0.5) is 0 Å². The van der Waals surface area contributed by atoms with Crippen LogP contribution in [0, 0.1) is 0 Å². The van der Waals surface area contributed by atoms with E-state index in [2.05, 4.69) is 46.9 Å². The van der Waals surface area contributed by atoms with Gasteiger partial charge in [0.15, 0.2) is 0 Å². The second kappa shape index (κ2) is 24.1. The maximum atomic E-state index is 14.7. The van der Waals surface area contributed by atoms with Gasteiger partial charge in [0.1, 0.15) is 48.6 Å². The minimum atomic E-state index is -1.44. The molecule has 7 rings (SSSR count). The monoisotopic (exact) mass is 952 g/mol. The van der Waals surface area contributed by atoms with Gasteiger partial charge in [-0.2, -0.15) is 0 Å². The van der Waals surface area contributed by atoms with Gasteiger partial charge in [-0.3, -0.25) is 33.6 Å². The van der Waals surface area contributed by atoms with Crippen molar-refractivity contribution >= 4 is 52.3 Å². The van der Waals surface area contributed by atoms with Crippen molar-refractivity contribution in [2.75, 3.05) is 6.61 Å². The molecule has 7 amide bonds. The molecule has 0 aliphatic carbocycles. The van der Waals surface area contributed by atoms with Crippen molar-refractivity contribution < 1.29 is 43.0 Å². The molecule has 6 aromatic rings. The van der Waals surface area contributed by atoms with Crippen LogP contribution in [0.1, 0.15) is 47.7 Å². The molecule has 19 nitrogen and oxygen atoms in total. The van der Waals surface area contributed by atoms with Gasteiger partial charge in [-0.15, -0.1) is 0 Å². The van der Waals surface area contributed by atoms with Gasteiger partial charge in [0.2, 0.25) is 41.4 Å². The van der Waals surface area contributed by atoms with Crippen molar-refractivity contribution in [1.29, 1.82) is 0 Å². The third-order valence-electron chi connectivity index (χ3n) is 11.7. The van der Waals surface area contributed by atoms with Crippen LogP contribution in [0.15, 0.2) is 128 Å². The van der Waals surface area contributed by atoms with E-state index in [-0.39, 0.29) is 51.2 Å². The topological polar surface area (TPSA) is 281 Å². The highest BCUT2D eigenvalue weighted by Gasteiger charge is 2.35. The van der Waals surface area contributed by atoms with E-state index in [0.29, 0.717) is 29.2 Å². The molecule has 6 atom stereocenters. The first-order valence-electron chi connectivity index (χ1n) is 22.9. The fraction of sp³-hybridized carbons (Fsp3) is 0.294. The Morgan fingerprint density at radius 2 is 1.27 bits per heavy atom. The Balaban J connectivity index is 1.15. The minimum Gasteiger partial charge on any atom is -0.489 e. The number of hydrogen-bond acceptors (Lipinski definition) is 10. The van der Waals surface area contributed by atoms with Crippen LogP contribution >= 0.6 is 0 Å². The summed E-state index contributed by atoms with van der Waals surface area (Å²) in [6.45, 7) is 1.43. The molecule has 1 unspecified atom stereocenters. The van der Waals surface area contributed by atoms with Crippen molar-refractivity contribution in [1.82, 2.24) is 46.9 Å². The number of carbonyl (C=O) groups is 7. The number of ether oxygens (including phenoxy) is 2. The van der Waals surface area contributed by atoms with Crippen molar-refractivity contribution in [2.45, 2.75) is 88.5 Å². The molecule has 70 heavy (non-hydrogen) atoms. The number of nitrogens with zero attached hydrogens (tertiary/aromatic N) is 1. The van der Waals surface area contributed by atoms with E-state index in [1.165, 1.54) is 19.4 Å². The van der Waals surface area contributed by atoms with Crippen LogP contribution < -0.4 is 42.4 Å². The zero-order chi connectivity index (χ0) is 49.4. The molecular formula is C51H56N10O9. The van der Waals surface area contributed by atoms with Gasteiger partial charge in [-0.05, 0) is 53.8 Å². The summed E-state index contributed by atoms with van der Waals surface area (Å²) >= 11 is 0. The molecule has 0 spiro atoms. The van der Waals surface area contributed by atoms with Crippen LogP contribution in [-0.4, -0.2) is 99.2 Å². The highest BCUT2D eigenvalue weighted by Crippen LogP contribution is 2.20. The van der Waals surface area contributed by atoms with Gasteiger partial charge in [-0.25, -0.2) is 4.98 Å². The normalized spacial score (nSPS) is 15.3. The lowest BCUT2D eigenvalue weighted by atomic mass is 10.0. The zero-order valence-corrected chi connectivity index (χ0v) is 38.4. The van der Waals surface area contributed by atoms with Crippen LogP contribution in [0.3, 0.4) is 0 Å². The highest BCUT2D eigenvalue weighted by atomic mass is 16.5. The van der Waals surface area contributed by atoms with E-state index in [9.17, 15) is 33.6 Å². The molecule has 364 valence electrons. The third kappa shape index (κ3) is 14.1. The summed E-state index contributed by atoms with van der Waals surface area (Å²) in [6, 6.07) is 25.9. The van der Waals surface area contributed by atoms with Crippen LogP contribution in [-0.2, 0) is 70.8 Å². The fourth-order valence-electron chi connectivity index (χ4n) is 7.80. The molecule has 0 bridgehead atoms. The van der Waals surface area contributed by atoms with Gasteiger partial charge < -0.3 is 57.1 Å². The predicted octanol–water partition coefficient (Wildman–Crippen LogP) is 1.92. The van der Waals surface area contributed by atoms with Crippen molar-refractivity contribution in [3.8, 4) is 5.75 Å². The number of amides is 7. The summed E-state index contributed by atoms with van der Waals surface area (Å²) in [5, 5.41) is 17.1. The number of benzene rings is 4. The molecule has 0 saturated carbocycles. The molecule has 1 aliphatic heterocycles. The first-order valence-corrected chi connectivity index (χ1v) is 22.9. The molecule has 2 aromatic heterocycles. The van der Waals surface area contributed by atoms with Gasteiger partial charge in [0.25, 0.3) is 0 Å². The van der Waals surface area contributed by atoms with E-state index in [1.54, 1.807) is 30.5 Å². The largest absolute Gasteiger partial charge is 0.489 e. The number of aromatic nitrogens is 3. The summed E-state index contributed by atoms with van der Waals surface area (Å²) in [7, 11) is 0. The van der Waals surface area contributed by atoms with Gasteiger partial charge in [0, 0.05) is 54.7 Å². The number of primary amides is 1. The standard InChI is InChI=1S/C51H56N10O9/c1-31(46(52)63)56-48(65)42(23-35-25-54-39-15-9-8-14-38(35)39)59-51(68)44(29-69-27-33-10-4-2-5-11-33)61-49(66)41(22-32-16-18-37(19-17-32)70-28-34-12-6-3-7-13-34)58-50(67)43(24-36-26-53-30-55-36)60-47(64)40-20-21-45(62)57-40/h2-19,25-26,30-31,40-44,54H,20-24,27-29H2,1H3,(H2,52,63)(H,53,55)(H,56,65)(H,57,62)(H,58,67)(H,59,68)(H,60,64)(H,61,66)/t31-,40?,41+,42+,43+,44+/m0/s1. The Labute approximate surface area is 403 Å². The van der Waals surface area contributed by atoms with Gasteiger partial charge in [0.05, 0.1) is 19.5 Å². The molecule has 4 aromatic carbocycles. The fourth-order valence-corrected chi connectivity index (χ4v) is 7.80. The number of fused-ring (bicyclic) bond motifs is 1. The van der Waals surface area contributed by atoms with E-state index in [1.807, 2.05) is 84.9 Å². The van der Waals surface area contributed by atoms with Crippen molar-refractivity contribution in [2.24, 2.45) is 5.73 Å². The Morgan fingerprint density at radius 3 is 1.91 bits per heavy atom. The van der Waals surface area contributed by atoms with Gasteiger partial charge in [-0.1, -0.05) is 91.0 Å². The third-order valence-corrected chi connectivity index (χ3v) is 11.7. The van der Waals surface area contributed by atoms with Crippen LogP contribution in [0.2, 0.25) is 0 Å². The number of rotatable bonds is 24. The molecule has 1 aliphatic rings. The summed E-state index contributed by atoms with van der Waals surface area (Å²) < 4.78 is 12.0. The first-order chi connectivity index (χ1) is 33.9. The number of H-pyrrole nitrogens is 2. The number of imidazole rings is 1. The average Bonchev–Trinajstić information content (AvgIpc) is 4.15. The number of carbonyl (C=O) groups excluding carboxylic acids is 7. The number of hydrogen-bond donors (Lipinski definition) is 9. The zero-order valence-electron chi connectivity index (χ0n) is 38.4. The molecule has 0 radical (unpaired) electrons. The Bertz CT molecular complexity index is 2730. The van der Waals surface area contributed by atoms with Crippen LogP contribution in [0.5, 0.6) is 5.75 Å². The minimum absolute atomic E-state index is 0.0175. The van der Waals surface area contributed by atoms with Crippen molar-refractivity contribution in [3.63, 3.8) is 0 Å². The Kier molecular flexibility index (Phi) is 17.1. The van der Waals surface area contributed by atoms with E-state index in [0.717, 1.165) is 22.0 Å². The summed E-state index contributed by atoms with van der Waals surface area (Å²) in [4.78, 5) is 105. The molecule has 10 N–H and O–H groups in total. The number of para-hydroxylation sites is 1. The highest BCUT2D eigenvalue weighted by molar-refractivity contribution is 5.98. The molecule has 1 saturated heterocycles. The lowest BCUT2D eigenvalue weighted by Gasteiger charge is -2.27. The summed E-state index contributed by atoms with van der Waals surface area (Å²) in [5.74, 6) is -4.15. The molecule has 1 fully saturated rings. The Morgan fingerprint density at radius 1 is 0.671 bits per heavy atom. The lowest BCUT2D eigenvalue weighted by molar-refractivity contribution is -0.136. The molecular weight excluding hydrogens is 897 g/mol. The van der Waals surface area contributed by atoms with Crippen LogP contribution in [0.25, 0.3) is 10.9 Å². The molecule has 3 heterocycles. The van der Waals surface area contributed by atoms with E-state index < -0.39 is 71.7 Å². The average molecular weight is 953 g/mol. The van der Waals surface area contributed by atoms with E-state index in [4.69, 9.17) is 15.2 Å². The SMILES string of the molecule is C[C@H](NC(=O)[C@@H](Cc1c[nH]c2ccccc12)NC(=O)[C@@H](COCc1ccccc1)NC(=O)[C@@H](Cc1ccc(OCc2ccccc2)cc1)NC(=O)[C@@H](Cc1cnc[nH]1)NC(=O)C1CCC(=O)N1)C(N)=O. The second-order valence-electron chi connectivity index (χ2n) is 17.0. The maximum Gasteiger partial charge on any atom is 0.245 e. The molecule has 19 heteroatoms. The van der Waals surface area contributed by atoms with Gasteiger partial charge >= 0.3 is 0 Å². The van der Waals surface area contributed by atoms with E-state index >= 15 is 0 Å². The number of aromatic amines is 2. The Hall–Kier alpha value is -8.32. The predicted molar refractivity (Wildman–Crippen MR) is 257 cm³/mol. The lowest BCUT2D eigenvalue weighted by Crippen LogP contribution is -2.61. The van der Waals surface area contributed by atoms with Crippen molar-refractivity contribution in [3.05, 3.63) is 156 Å². The summed E-state index contributed by atoms with van der Waals surface area (Å²) in [6.07, 6.45) is 4.87. The smallest absolute Gasteiger partial charge is 0.245 e.